The van der Waals surface area contributed by atoms with Crippen molar-refractivity contribution in [3.8, 4) is 17.6 Å². The molecule has 0 aliphatic carbocycles. The van der Waals surface area contributed by atoms with Gasteiger partial charge in [-0.2, -0.15) is 18.4 Å². The third kappa shape index (κ3) is 6.10. The Balaban J connectivity index is 1.97. The van der Waals surface area contributed by atoms with Gasteiger partial charge in [-0.05, 0) is 18.9 Å². The minimum absolute atomic E-state index is 0.105. The second-order valence-electron chi connectivity index (χ2n) is 6.12. The van der Waals surface area contributed by atoms with Crippen LogP contribution in [0.15, 0.2) is 18.3 Å². The second kappa shape index (κ2) is 10.5. The lowest BCUT2D eigenvalue weighted by Crippen LogP contribution is -2.31. The lowest BCUT2D eigenvalue weighted by molar-refractivity contribution is 0.212. The van der Waals surface area contributed by atoms with Crippen LogP contribution in [0.1, 0.15) is 24.8 Å². The molecule has 1 aromatic heterocycles. The number of amides is 1. The van der Waals surface area contributed by atoms with Crippen molar-refractivity contribution in [1.82, 2.24) is 9.71 Å². The van der Waals surface area contributed by atoms with E-state index < -0.39 is 16.4 Å². The number of methoxy groups -OCH3 is 2. The lowest BCUT2D eigenvalue weighted by atomic mass is 10.1. The Morgan fingerprint density at radius 3 is 2.47 bits per heavy atom. The molecule has 1 aromatic carbocycles. The molecule has 12 heteroatoms. The molecule has 1 heterocycles. The average molecular weight is 437 g/mol. The first kappa shape index (κ1) is 23.0. The first-order chi connectivity index (χ1) is 14.3. The summed E-state index contributed by atoms with van der Waals surface area (Å²) < 4.78 is 39.3. The molecule has 11 nitrogen and oxygen atoms in total. The van der Waals surface area contributed by atoms with Crippen LogP contribution < -0.4 is 25.2 Å². The number of carbonyl (C=O) groups is 1. The number of nitrogens with two attached hydrogens (primary N) is 1. The van der Waals surface area contributed by atoms with Crippen LogP contribution in [0.25, 0.3) is 10.9 Å². The number of hydrogen-bond donors (Lipinski definition) is 3. The summed E-state index contributed by atoms with van der Waals surface area (Å²) in [6, 6.07) is 5.62. The molecule has 2 rings (SSSR count). The number of nitrogens with one attached hydrogen (secondary N) is 2. The normalized spacial score (nSPS) is 11.0. The molecule has 0 spiro atoms. The number of hydrogen-bond acceptors (Lipinski definition) is 9. The molecule has 0 aliphatic rings. The van der Waals surface area contributed by atoms with E-state index in [9.17, 15) is 18.5 Å². The summed E-state index contributed by atoms with van der Waals surface area (Å²) in [6.45, 7) is 0.654. The topological polar surface area (TPSA) is 166 Å². The van der Waals surface area contributed by atoms with Crippen molar-refractivity contribution in [3.63, 3.8) is 0 Å². The van der Waals surface area contributed by atoms with Crippen molar-refractivity contribution in [2.75, 3.05) is 32.6 Å². The van der Waals surface area contributed by atoms with Gasteiger partial charge in [-0.3, -0.25) is 4.98 Å². The maximum Gasteiger partial charge on any atom is 0.421 e. The zero-order chi connectivity index (χ0) is 22.1. The van der Waals surface area contributed by atoms with Crippen molar-refractivity contribution < 1.29 is 26.9 Å². The van der Waals surface area contributed by atoms with E-state index in [1.165, 1.54) is 20.4 Å². The molecule has 30 heavy (non-hydrogen) atoms. The summed E-state index contributed by atoms with van der Waals surface area (Å²) in [7, 11) is -1.10. The number of carbonyl (C=O) groups excluding carboxylic acids is 1. The van der Waals surface area contributed by atoms with E-state index in [2.05, 4.69) is 31.0 Å². The summed E-state index contributed by atoms with van der Waals surface area (Å²) in [5.41, 5.74) is 6.35. The zero-order valence-corrected chi connectivity index (χ0v) is 17.4. The van der Waals surface area contributed by atoms with Gasteiger partial charge in [0.1, 0.15) is 6.07 Å². The first-order valence-electron chi connectivity index (χ1n) is 8.98. The van der Waals surface area contributed by atoms with Crippen molar-refractivity contribution in [1.29, 1.82) is 5.26 Å². The largest absolute Gasteiger partial charge is 0.493 e. The molecule has 2 aromatic rings. The third-order valence-electron chi connectivity index (χ3n) is 4.12. The number of nitrogens with zero attached hydrogens (tertiary/aromatic N) is 2. The van der Waals surface area contributed by atoms with Crippen molar-refractivity contribution in [3.05, 3.63) is 23.9 Å². The second-order valence-corrected chi connectivity index (χ2v) is 7.48. The highest BCUT2D eigenvalue weighted by molar-refractivity contribution is 7.85. The van der Waals surface area contributed by atoms with Crippen molar-refractivity contribution in [2.24, 2.45) is 5.73 Å². The molecule has 0 aliphatic heterocycles. The van der Waals surface area contributed by atoms with E-state index in [1.54, 1.807) is 12.1 Å². The molecule has 0 fully saturated rings. The molecule has 0 radical (unpaired) electrons. The maximum absolute atomic E-state index is 11.3. The van der Waals surface area contributed by atoms with Crippen molar-refractivity contribution >= 4 is 33.0 Å². The Bertz CT molecular complexity index is 1050. The fourth-order valence-electron chi connectivity index (χ4n) is 2.77. The number of aromatic nitrogens is 1. The summed E-state index contributed by atoms with van der Waals surface area (Å²) >= 11 is 0. The van der Waals surface area contributed by atoms with Gasteiger partial charge in [-0.1, -0.05) is 6.42 Å². The van der Waals surface area contributed by atoms with Crippen LogP contribution in [-0.4, -0.2) is 46.8 Å². The number of nitriles is 1. The molecule has 1 amide bonds. The predicted octanol–water partition coefficient (Wildman–Crippen LogP) is 1.64. The fraction of sp³-hybridized carbons (Fsp3) is 0.389. The van der Waals surface area contributed by atoms with Crippen molar-refractivity contribution in [2.45, 2.75) is 19.3 Å². The van der Waals surface area contributed by atoms with Gasteiger partial charge in [0.05, 0.1) is 31.0 Å². The van der Waals surface area contributed by atoms with Crippen LogP contribution in [0.2, 0.25) is 0 Å². The van der Waals surface area contributed by atoms with Gasteiger partial charge >= 0.3 is 16.4 Å². The number of benzene rings is 1. The van der Waals surface area contributed by atoms with Crippen LogP contribution >= 0.6 is 0 Å². The molecule has 0 saturated heterocycles. The molecule has 4 N–H and O–H groups in total. The van der Waals surface area contributed by atoms with Gasteiger partial charge in [-0.15, -0.1) is 0 Å². The molecule has 0 unspecified atom stereocenters. The average Bonchev–Trinajstić information content (AvgIpc) is 2.70. The monoisotopic (exact) mass is 437 g/mol. The predicted molar refractivity (Wildman–Crippen MR) is 109 cm³/mol. The molecule has 162 valence electrons. The third-order valence-corrected chi connectivity index (χ3v) is 5.06. The standard InChI is InChI=1S/C18H23N5O6S/c1-27-15-8-13-14(9-16(15)28-2)22-11-12(10-19)17(13)21-6-4-3-5-7-23-30(25,26)29-18(20)24/h8-9,11,23H,3-7H2,1-2H3,(H2,20,24)(H,21,22). The van der Waals surface area contributed by atoms with Gasteiger partial charge in [-0.25, -0.2) is 4.79 Å². The SMILES string of the molecule is COc1cc2ncc(C#N)c(NCCCCCNS(=O)(=O)OC(N)=O)c2cc1OC. The number of anilines is 1. The zero-order valence-electron chi connectivity index (χ0n) is 16.6. The van der Waals surface area contributed by atoms with E-state index in [0.29, 0.717) is 54.1 Å². The van der Waals surface area contributed by atoms with E-state index in [-0.39, 0.29) is 6.54 Å². The van der Waals surface area contributed by atoms with Crippen LogP contribution in [0, 0.1) is 11.3 Å². The Morgan fingerprint density at radius 2 is 1.83 bits per heavy atom. The number of primary amides is 1. The van der Waals surface area contributed by atoms with Gasteiger partial charge in [0.15, 0.2) is 11.5 Å². The van der Waals surface area contributed by atoms with E-state index in [0.717, 1.165) is 5.39 Å². The molecule has 0 saturated carbocycles. The van der Waals surface area contributed by atoms with Crippen LogP contribution in [0.3, 0.4) is 0 Å². The Kier molecular flexibility index (Phi) is 8.02. The maximum atomic E-state index is 11.3. The minimum atomic E-state index is -4.17. The van der Waals surface area contributed by atoms with Gasteiger partial charge < -0.3 is 24.7 Å². The smallest absolute Gasteiger partial charge is 0.421 e. The first-order valence-corrected chi connectivity index (χ1v) is 10.4. The Hall–Kier alpha value is -3.30. The Labute approximate surface area is 174 Å². The number of ether oxygens (including phenoxy) is 2. The highest BCUT2D eigenvalue weighted by Gasteiger charge is 2.14. The summed E-state index contributed by atoms with van der Waals surface area (Å²) in [6.07, 6.45) is 2.02. The summed E-state index contributed by atoms with van der Waals surface area (Å²) in [5.74, 6) is 1.06. The molecular weight excluding hydrogens is 414 g/mol. The Morgan fingerprint density at radius 1 is 1.17 bits per heavy atom. The highest BCUT2D eigenvalue weighted by Crippen LogP contribution is 2.35. The number of unbranched alkanes of at least 4 members (excludes halogenated alkanes) is 2. The van der Waals surface area contributed by atoms with Gasteiger partial charge in [0.2, 0.25) is 0 Å². The highest BCUT2D eigenvalue weighted by atomic mass is 32.2. The van der Waals surface area contributed by atoms with E-state index in [4.69, 9.17) is 9.47 Å². The lowest BCUT2D eigenvalue weighted by Gasteiger charge is -2.14. The molecule has 0 atom stereocenters. The van der Waals surface area contributed by atoms with Gasteiger partial charge in [0, 0.05) is 30.7 Å². The quantitative estimate of drug-likeness (QED) is 0.443. The summed E-state index contributed by atoms with van der Waals surface area (Å²) in [5, 5.41) is 13.4. The molecular formula is C18H23N5O6S. The van der Waals surface area contributed by atoms with Crippen LogP contribution in [0.4, 0.5) is 10.5 Å². The van der Waals surface area contributed by atoms with E-state index in [1.807, 2.05) is 0 Å². The number of fused-ring (bicyclic) bond motifs is 1. The van der Waals surface area contributed by atoms with Crippen LogP contribution in [0.5, 0.6) is 11.5 Å². The minimum Gasteiger partial charge on any atom is -0.493 e. The number of rotatable bonds is 11. The van der Waals surface area contributed by atoms with Gasteiger partial charge in [0.25, 0.3) is 0 Å². The summed E-state index contributed by atoms with van der Waals surface area (Å²) in [4.78, 5) is 14.8. The van der Waals surface area contributed by atoms with Crippen LogP contribution in [-0.2, 0) is 14.5 Å². The van der Waals surface area contributed by atoms with E-state index >= 15 is 0 Å². The fourth-order valence-corrected chi connectivity index (χ4v) is 3.44. The molecule has 0 bridgehead atoms. The number of pyridine rings is 1.